The van der Waals surface area contributed by atoms with Crippen LogP contribution in [0.5, 0.6) is 0 Å². The number of aromatic nitrogens is 3. The zero-order valence-corrected chi connectivity index (χ0v) is 14.2. The first-order valence-corrected chi connectivity index (χ1v) is 8.05. The van der Waals surface area contributed by atoms with E-state index < -0.39 is 5.60 Å². The Hall–Kier alpha value is -2.14. The van der Waals surface area contributed by atoms with Gasteiger partial charge < -0.3 is 9.67 Å². The second-order valence-corrected chi connectivity index (χ2v) is 6.24. The minimum absolute atomic E-state index is 0.306. The number of nitrogens with zero attached hydrogens (tertiary/aromatic N) is 3. The first kappa shape index (κ1) is 16.7. The van der Waals surface area contributed by atoms with E-state index in [0.29, 0.717) is 22.2 Å². The first-order valence-electron chi connectivity index (χ1n) is 7.30. The monoisotopic (exact) mass is 359 g/mol. The number of imidazole rings is 1. The quantitative estimate of drug-likeness (QED) is 0.742. The molecule has 0 amide bonds. The molecule has 3 aromatic rings. The van der Waals surface area contributed by atoms with E-state index in [0.717, 1.165) is 5.56 Å². The fourth-order valence-electron chi connectivity index (χ4n) is 2.38. The maximum absolute atomic E-state index is 11.2. The molecule has 122 valence electrons. The fourth-order valence-corrected chi connectivity index (χ4v) is 2.85. The van der Waals surface area contributed by atoms with Crippen molar-refractivity contribution in [1.82, 2.24) is 14.5 Å². The molecule has 0 aliphatic rings. The summed E-state index contributed by atoms with van der Waals surface area (Å²) in [7, 11) is 0. The molecule has 0 fully saturated rings. The third kappa shape index (κ3) is 3.85. The van der Waals surface area contributed by atoms with E-state index in [9.17, 15) is 5.11 Å². The lowest BCUT2D eigenvalue weighted by molar-refractivity contribution is 0.0701. The van der Waals surface area contributed by atoms with Crippen LogP contribution in [-0.4, -0.2) is 19.6 Å². The Labute approximate surface area is 150 Å². The number of benzene rings is 1. The Morgan fingerprint density at radius 1 is 1.17 bits per heavy atom. The van der Waals surface area contributed by atoms with Gasteiger partial charge in [0.15, 0.2) is 0 Å². The van der Waals surface area contributed by atoms with Gasteiger partial charge in [-0.05, 0) is 29.8 Å². The van der Waals surface area contributed by atoms with Gasteiger partial charge in [0.25, 0.3) is 0 Å². The van der Waals surface area contributed by atoms with Crippen LogP contribution in [0.3, 0.4) is 0 Å². The molecule has 0 saturated carbocycles. The number of aliphatic hydroxyl groups is 1. The predicted octanol–water partition coefficient (Wildman–Crippen LogP) is 4.19. The third-order valence-electron chi connectivity index (χ3n) is 3.65. The molecule has 0 spiro atoms. The van der Waals surface area contributed by atoms with Gasteiger partial charge in [-0.15, -0.1) is 0 Å². The summed E-state index contributed by atoms with van der Waals surface area (Å²) in [6.45, 7) is 0.306. The van der Waals surface area contributed by atoms with Crippen LogP contribution in [0.25, 0.3) is 6.08 Å². The van der Waals surface area contributed by atoms with Gasteiger partial charge in [0.05, 0.1) is 12.9 Å². The SMILES string of the molecule is O[C@](/C=C\c1ccc(Cl)cc1Cl)(Cn1ccnc1)c1cccnc1. The third-order valence-corrected chi connectivity index (χ3v) is 4.21. The van der Waals surface area contributed by atoms with Crippen LogP contribution < -0.4 is 0 Å². The smallest absolute Gasteiger partial charge is 0.127 e. The maximum atomic E-state index is 11.2. The summed E-state index contributed by atoms with van der Waals surface area (Å²) in [6, 6.07) is 8.85. The van der Waals surface area contributed by atoms with Crippen molar-refractivity contribution in [3.63, 3.8) is 0 Å². The van der Waals surface area contributed by atoms with Crippen LogP contribution in [0.15, 0.2) is 67.5 Å². The summed E-state index contributed by atoms with van der Waals surface area (Å²) in [4.78, 5) is 8.12. The molecule has 4 nitrogen and oxygen atoms in total. The van der Waals surface area contributed by atoms with Gasteiger partial charge in [-0.2, -0.15) is 0 Å². The summed E-state index contributed by atoms with van der Waals surface area (Å²) >= 11 is 12.1. The highest BCUT2D eigenvalue weighted by molar-refractivity contribution is 6.35. The average Bonchev–Trinajstić information content (AvgIpc) is 3.07. The molecular formula is C18H15Cl2N3O. The molecule has 1 N–H and O–H groups in total. The molecule has 2 aromatic heterocycles. The molecule has 3 rings (SSSR count). The number of pyridine rings is 1. The van der Waals surface area contributed by atoms with Crippen molar-refractivity contribution in [3.05, 3.63) is 88.7 Å². The van der Waals surface area contributed by atoms with Gasteiger partial charge in [0.2, 0.25) is 0 Å². The Kier molecular flexibility index (Phi) is 5.00. The molecule has 0 radical (unpaired) electrons. The Morgan fingerprint density at radius 3 is 2.71 bits per heavy atom. The van der Waals surface area contributed by atoms with Crippen molar-refractivity contribution in [3.8, 4) is 0 Å². The summed E-state index contributed by atoms with van der Waals surface area (Å²) in [5.41, 5.74) is 0.201. The van der Waals surface area contributed by atoms with E-state index in [1.807, 2.05) is 12.1 Å². The van der Waals surface area contributed by atoms with E-state index in [1.54, 1.807) is 66.0 Å². The molecule has 0 bridgehead atoms. The van der Waals surface area contributed by atoms with Crippen molar-refractivity contribution in [2.75, 3.05) is 0 Å². The van der Waals surface area contributed by atoms with Crippen LogP contribution in [0.4, 0.5) is 0 Å². The molecular weight excluding hydrogens is 345 g/mol. The molecule has 0 unspecified atom stereocenters. The maximum Gasteiger partial charge on any atom is 0.127 e. The largest absolute Gasteiger partial charge is 0.379 e. The Morgan fingerprint density at radius 2 is 2.04 bits per heavy atom. The van der Waals surface area contributed by atoms with Gasteiger partial charge in [-0.3, -0.25) is 4.98 Å². The highest BCUT2D eigenvalue weighted by Gasteiger charge is 2.27. The summed E-state index contributed by atoms with van der Waals surface area (Å²) in [5, 5.41) is 12.3. The van der Waals surface area contributed by atoms with Crippen molar-refractivity contribution in [2.24, 2.45) is 0 Å². The van der Waals surface area contributed by atoms with Crippen LogP contribution >= 0.6 is 23.2 Å². The summed E-state index contributed by atoms with van der Waals surface area (Å²) < 4.78 is 1.81. The Balaban J connectivity index is 1.96. The molecule has 6 heteroatoms. The van der Waals surface area contributed by atoms with E-state index >= 15 is 0 Å². The molecule has 1 atom stereocenters. The van der Waals surface area contributed by atoms with E-state index in [1.165, 1.54) is 0 Å². The number of hydrogen-bond donors (Lipinski definition) is 1. The lowest BCUT2D eigenvalue weighted by atomic mass is 9.93. The molecule has 0 saturated heterocycles. The van der Waals surface area contributed by atoms with Crippen LogP contribution in [0.1, 0.15) is 11.1 Å². The number of hydrogen-bond acceptors (Lipinski definition) is 3. The topological polar surface area (TPSA) is 50.9 Å². The molecule has 2 heterocycles. The summed E-state index contributed by atoms with van der Waals surface area (Å²) in [5.74, 6) is 0. The minimum atomic E-state index is -1.25. The van der Waals surface area contributed by atoms with Gasteiger partial charge in [-0.1, -0.05) is 41.4 Å². The molecule has 24 heavy (non-hydrogen) atoms. The van der Waals surface area contributed by atoms with Crippen LogP contribution in [0.2, 0.25) is 10.0 Å². The highest BCUT2D eigenvalue weighted by Crippen LogP contribution is 2.28. The predicted molar refractivity (Wildman–Crippen MR) is 95.9 cm³/mol. The number of rotatable bonds is 5. The zero-order chi connectivity index (χ0) is 17.0. The van der Waals surface area contributed by atoms with Crippen LogP contribution in [-0.2, 0) is 12.1 Å². The molecule has 0 aliphatic heterocycles. The van der Waals surface area contributed by atoms with E-state index in [4.69, 9.17) is 23.2 Å². The van der Waals surface area contributed by atoms with Crippen molar-refractivity contribution in [1.29, 1.82) is 0 Å². The van der Waals surface area contributed by atoms with Crippen LogP contribution in [0, 0.1) is 0 Å². The van der Waals surface area contributed by atoms with Crippen molar-refractivity contribution >= 4 is 29.3 Å². The average molecular weight is 360 g/mol. The second-order valence-electron chi connectivity index (χ2n) is 5.40. The highest BCUT2D eigenvalue weighted by atomic mass is 35.5. The second kappa shape index (κ2) is 7.18. The fraction of sp³-hybridized carbons (Fsp3) is 0.111. The summed E-state index contributed by atoms with van der Waals surface area (Å²) in [6.07, 6.45) is 11.9. The normalized spacial score (nSPS) is 14.0. The molecule has 1 aromatic carbocycles. The number of halogens is 2. The minimum Gasteiger partial charge on any atom is -0.379 e. The van der Waals surface area contributed by atoms with Gasteiger partial charge >= 0.3 is 0 Å². The zero-order valence-electron chi connectivity index (χ0n) is 12.7. The van der Waals surface area contributed by atoms with E-state index in [2.05, 4.69) is 9.97 Å². The lowest BCUT2D eigenvalue weighted by Crippen LogP contribution is -2.29. The lowest BCUT2D eigenvalue weighted by Gasteiger charge is -2.25. The van der Waals surface area contributed by atoms with Gasteiger partial charge in [0.1, 0.15) is 5.60 Å². The van der Waals surface area contributed by atoms with Gasteiger partial charge in [-0.25, -0.2) is 4.98 Å². The first-order chi connectivity index (χ1) is 11.6. The van der Waals surface area contributed by atoms with E-state index in [-0.39, 0.29) is 0 Å². The van der Waals surface area contributed by atoms with Crippen molar-refractivity contribution in [2.45, 2.75) is 12.1 Å². The van der Waals surface area contributed by atoms with Gasteiger partial charge in [0, 0.05) is 40.4 Å². The molecule has 0 aliphatic carbocycles. The Bertz CT molecular complexity index is 835. The van der Waals surface area contributed by atoms with Crippen molar-refractivity contribution < 1.29 is 5.11 Å². The standard InChI is InChI=1S/C18H15Cl2N3O/c19-16-4-3-14(17(20)10-16)5-6-18(24,12-23-9-8-22-13-23)15-2-1-7-21-11-15/h1-11,13,24H,12H2/b6-5-/t18-/m1/s1.